The molecule has 20 heavy (non-hydrogen) atoms. The minimum atomic E-state index is -3.92. The Hall–Kier alpha value is -2.08. The quantitative estimate of drug-likeness (QED) is 0.855. The van der Waals surface area contributed by atoms with E-state index in [1.807, 2.05) is 13.0 Å². The lowest BCUT2D eigenvalue weighted by Crippen LogP contribution is -2.16. The van der Waals surface area contributed by atoms with Gasteiger partial charge in [-0.15, -0.1) is 0 Å². The van der Waals surface area contributed by atoms with Gasteiger partial charge in [0, 0.05) is 0 Å². The summed E-state index contributed by atoms with van der Waals surface area (Å²) in [6.45, 7) is 3.70. The van der Waals surface area contributed by atoms with Crippen LogP contribution < -0.4 is 10.5 Å². The Balaban J connectivity index is 2.44. The second kappa shape index (κ2) is 5.13. The van der Waals surface area contributed by atoms with Gasteiger partial charge in [-0.2, -0.15) is 0 Å². The van der Waals surface area contributed by atoms with E-state index in [-0.39, 0.29) is 10.6 Å². The average molecular weight is 294 g/mol. The molecule has 0 aliphatic carbocycles. The minimum absolute atomic E-state index is 0.266. The van der Waals surface area contributed by atoms with Crippen LogP contribution in [0.1, 0.15) is 11.1 Å². The van der Waals surface area contributed by atoms with Crippen molar-refractivity contribution in [3.63, 3.8) is 0 Å². The Kier molecular flexibility index (Phi) is 3.67. The first kappa shape index (κ1) is 14.3. The van der Waals surface area contributed by atoms with E-state index in [9.17, 15) is 12.8 Å². The number of nitrogen functional groups attached to an aromatic ring is 1. The van der Waals surface area contributed by atoms with Gasteiger partial charge in [0.2, 0.25) is 0 Å². The van der Waals surface area contributed by atoms with Crippen molar-refractivity contribution < 1.29 is 12.8 Å². The van der Waals surface area contributed by atoms with Crippen LogP contribution in [0.3, 0.4) is 0 Å². The first-order valence-corrected chi connectivity index (χ1v) is 7.43. The lowest BCUT2D eigenvalue weighted by atomic mass is 10.1. The fraction of sp³-hybridized carbons (Fsp3) is 0.143. The van der Waals surface area contributed by atoms with Crippen LogP contribution in [0.4, 0.5) is 15.8 Å². The highest BCUT2D eigenvalue weighted by Crippen LogP contribution is 2.25. The van der Waals surface area contributed by atoms with Crippen molar-refractivity contribution in [2.24, 2.45) is 0 Å². The molecule has 0 saturated heterocycles. The Morgan fingerprint density at radius 2 is 1.85 bits per heavy atom. The summed E-state index contributed by atoms with van der Waals surface area (Å²) in [7, 11) is -3.92. The minimum Gasteiger partial charge on any atom is -0.395 e. The zero-order valence-electron chi connectivity index (χ0n) is 11.1. The van der Waals surface area contributed by atoms with Crippen LogP contribution in [-0.4, -0.2) is 8.42 Å². The van der Waals surface area contributed by atoms with Gasteiger partial charge in [-0.3, -0.25) is 4.72 Å². The van der Waals surface area contributed by atoms with Crippen LogP contribution in [0.2, 0.25) is 0 Å². The lowest BCUT2D eigenvalue weighted by Gasteiger charge is -2.12. The van der Waals surface area contributed by atoms with E-state index in [0.29, 0.717) is 5.69 Å². The summed E-state index contributed by atoms with van der Waals surface area (Å²) >= 11 is 0. The molecule has 106 valence electrons. The highest BCUT2D eigenvalue weighted by Gasteiger charge is 2.20. The van der Waals surface area contributed by atoms with Gasteiger partial charge in [0.05, 0.1) is 11.4 Å². The molecule has 2 aromatic rings. The second-order valence-electron chi connectivity index (χ2n) is 4.58. The molecule has 0 saturated carbocycles. The molecule has 0 fully saturated rings. The summed E-state index contributed by atoms with van der Waals surface area (Å²) in [5, 5.41) is 0. The summed E-state index contributed by atoms with van der Waals surface area (Å²) in [6.07, 6.45) is 0. The fourth-order valence-corrected chi connectivity index (χ4v) is 3.15. The first-order chi connectivity index (χ1) is 9.31. The van der Waals surface area contributed by atoms with E-state index in [1.165, 1.54) is 12.1 Å². The van der Waals surface area contributed by atoms with E-state index in [1.54, 1.807) is 19.1 Å². The van der Waals surface area contributed by atoms with Gasteiger partial charge in [-0.1, -0.05) is 23.8 Å². The summed E-state index contributed by atoms with van der Waals surface area (Å²) in [4.78, 5) is -0.266. The molecule has 0 aromatic heterocycles. The van der Waals surface area contributed by atoms with Crippen LogP contribution in [-0.2, 0) is 10.0 Å². The molecule has 0 spiro atoms. The molecule has 0 heterocycles. The largest absolute Gasteiger partial charge is 0.395 e. The van der Waals surface area contributed by atoms with E-state index in [2.05, 4.69) is 4.72 Å². The SMILES string of the molecule is Cc1ccc(NS(=O)(=O)c2cccc(F)c2N)c(C)c1. The fourth-order valence-electron chi connectivity index (χ4n) is 1.88. The van der Waals surface area contributed by atoms with Gasteiger partial charge in [0.15, 0.2) is 0 Å². The first-order valence-electron chi connectivity index (χ1n) is 5.95. The number of halogens is 1. The van der Waals surface area contributed by atoms with Crippen LogP contribution in [0.25, 0.3) is 0 Å². The van der Waals surface area contributed by atoms with Crippen LogP contribution >= 0.6 is 0 Å². The van der Waals surface area contributed by atoms with Gasteiger partial charge in [-0.05, 0) is 37.6 Å². The highest BCUT2D eigenvalue weighted by molar-refractivity contribution is 7.92. The molecule has 2 rings (SSSR count). The van der Waals surface area contributed by atoms with Gasteiger partial charge in [0.25, 0.3) is 10.0 Å². The molecule has 4 nitrogen and oxygen atoms in total. The predicted octanol–water partition coefficient (Wildman–Crippen LogP) is 2.83. The maximum Gasteiger partial charge on any atom is 0.264 e. The normalized spacial score (nSPS) is 11.3. The van der Waals surface area contributed by atoms with Crippen molar-refractivity contribution in [3.05, 3.63) is 53.3 Å². The van der Waals surface area contributed by atoms with Crippen LogP contribution in [0, 0.1) is 19.7 Å². The van der Waals surface area contributed by atoms with Crippen molar-refractivity contribution in [3.8, 4) is 0 Å². The predicted molar refractivity (Wildman–Crippen MR) is 77.5 cm³/mol. The van der Waals surface area contributed by atoms with Crippen molar-refractivity contribution >= 4 is 21.4 Å². The Bertz CT molecular complexity index is 758. The number of aryl methyl sites for hydroxylation is 2. The Labute approximate surface area is 117 Å². The third kappa shape index (κ3) is 2.75. The van der Waals surface area contributed by atoms with Crippen molar-refractivity contribution in [2.75, 3.05) is 10.5 Å². The molecule has 0 aliphatic heterocycles. The van der Waals surface area contributed by atoms with Gasteiger partial charge in [-0.25, -0.2) is 12.8 Å². The average Bonchev–Trinajstić information content (AvgIpc) is 2.36. The molecule has 0 aliphatic rings. The summed E-state index contributed by atoms with van der Waals surface area (Å²) in [5.74, 6) is -0.756. The standard InChI is InChI=1S/C14H15FN2O2S/c1-9-6-7-12(10(2)8-9)17-20(18,19)13-5-3-4-11(15)14(13)16/h3-8,17H,16H2,1-2H3. The smallest absolute Gasteiger partial charge is 0.264 e. The van der Waals surface area contributed by atoms with Crippen molar-refractivity contribution in [2.45, 2.75) is 18.7 Å². The number of sulfonamides is 1. The molecule has 2 aromatic carbocycles. The molecular formula is C14H15FN2O2S. The van der Waals surface area contributed by atoms with E-state index < -0.39 is 15.8 Å². The number of para-hydroxylation sites is 1. The molecule has 0 atom stereocenters. The number of hydrogen-bond acceptors (Lipinski definition) is 3. The van der Waals surface area contributed by atoms with Gasteiger partial charge >= 0.3 is 0 Å². The summed E-state index contributed by atoms with van der Waals surface area (Å²) in [6, 6.07) is 9.00. The molecular weight excluding hydrogens is 279 g/mol. The van der Waals surface area contributed by atoms with E-state index in [4.69, 9.17) is 5.73 Å². The Morgan fingerprint density at radius 3 is 2.50 bits per heavy atom. The molecule has 6 heteroatoms. The van der Waals surface area contributed by atoms with Gasteiger partial charge < -0.3 is 5.73 Å². The number of hydrogen-bond donors (Lipinski definition) is 2. The molecule has 0 bridgehead atoms. The maximum atomic E-state index is 13.4. The third-order valence-corrected chi connectivity index (χ3v) is 4.35. The summed E-state index contributed by atoms with van der Waals surface area (Å²) < 4.78 is 40.3. The van der Waals surface area contributed by atoms with Crippen molar-refractivity contribution in [1.29, 1.82) is 0 Å². The molecule has 0 amide bonds. The number of nitrogens with one attached hydrogen (secondary N) is 1. The number of rotatable bonds is 3. The number of anilines is 2. The highest BCUT2D eigenvalue weighted by atomic mass is 32.2. The maximum absolute atomic E-state index is 13.4. The molecule has 0 unspecified atom stereocenters. The van der Waals surface area contributed by atoms with Crippen molar-refractivity contribution in [1.82, 2.24) is 0 Å². The zero-order valence-corrected chi connectivity index (χ0v) is 12.0. The molecule has 0 radical (unpaired) electrons. The van der Waals surface area contributed by atoms with Gasteiger partial charge in [0.1, 0.15) is 10.7 Å². The zero-order chi connectivity index (χ0) is 14.9. The second-order valence-corrected chi connectivity index (χ2v) is 6.23. The van der Waals surface area contributed by atoms with Crippen LogP contribution in [0.5, 0.6) is 0 Å². The lowest BCUT2D eigenvalue weighted by molar-refractivity contribution is 0.597. The monoisotopic (exact) mass is 294 g/mol. The third-order valence-electron chi connectivity index (χ3n) is 2.93. The van der Waals surface area contributed by atoms with E-state index in [0.717, 1.165) is 17.2 Å². The number of nitrogens with two attached hydrogens (primary N) is 1. The Morgan fingerprint density at radius 1 is 1.15 bits per heavy atom. The van der Waals surface area contributed by atoms with E-state index >= 15 is 0 Å². The number of benzene rings is 2. The topological polar surface area (TPSA) is 72.2 Å². The van der Waals surface area contributed by atoms with Crippen LogP contribution in [0.15, 0.2) is 41.3 Å². The summed E-state index contributed by atoms with van der Waals surface area (Å²) in [5.41, 5.74) is 7.35. The molecule has 3 N–H and O–H groups in total.